The topological polar surface area (TPSA) is 101 Å². The second-order valence-electron chi connectivity index (χ2n) is 5.61. The fourth-order valence-corrected chi connectivity index (χ4v) is 2.80. The van der Waals surface area contributed by atoms with Gasteiger partial charge in [0.1, 0.15) is 17.8 Å². The largest absolute Gasteiger partial charge is 0.350 e. The zero-order valence-corrected chi connectivity index (χ0v) is 14.1. The molecule has 4 aromatic rings. The number of H-pyrrole nitrogens is 1. The fraction of sp³-hybridized carbons (Fsp3) is 0.188. The molecular formula is C16H14ClN7O. The predicted octanol–water partition coefficient (Wildman–Crippen LogP) is 1.93. The Morgan fingerprint density at radius 3 is 3.08 bits per heavy atom. The lowest BCUT2D eigenvalue weighted by Gasteiger charge is -2.06. The van der Waals surface area contributed by atoms with Crippen LogP contribution in [-0.2, 0) is 6.42 Å². The average molecular weight is 356 g/mol. The van der Waals surface area contributed by atoms with Crippen LogP contribution in [-0.4, -0.2) is 42.0 Å². The molecule has 3 heterocycles. The van der Waals surface area contributed by atoms with E-state index in [1.807, 2.05) is 19.1 Å². The number of carbonyl (C=O) groups is 1. The maximum atomic E-state index is 12.4. The zero-order chi connectivity index (χ0) is 17.4. The number of nitrogens with zero attached hydrogens (tertiary/aromatic N) is 5. The van der Waals surface area contributed by atoms with Crippen molar-refractivity contribution in [3.63, 3.8) is 0 Å². The van der Waals surface area contributed by atoms with E-state index in [9.17, 15) is 4.79 Å². The van der Waals surface area contributed by atoms with Crippen LogP contribution in [0, 0.1) is 6.92 Å². The minimum atomic E-state index is -0.236. The van der Waals surface area contributed by atoms with Gasteiger partial charge in [0.25, 0.3) is 11.7 Å². The summed E-state index contributed by atoms with van der Waals surface area (Å²) in [4.78, 5) is 28.4. The van der Waals surface area contributed by atoms with E-state index in [0.29, 0.717) is 35.2 Å². The molecule has 0 saturated carbocycles. The molecule has 0 fully saturated rings. The number of imidazole rings is 1. The Hall–Kier alpha value is -3.00. The molecule has 0 unspecified atom stereocenters. The summed E-state index contributed by atoms with van der Waals surface area (Å²) in [5, 5.41) is 7.56. The first-order valence-electron chi connectivity index (χ1n) is 7.70. The molecule has 0 aliphatic rings. The summed E-state index contributed by atoms with van der Waals surface area (Å²) in [6.45, 7) is 2.24. The van der Waals surface area contributed by atoms with E-state index in [4.69, 9.17) is 11.6 Å². The summed E-state index contributed by atoms with van der Waals surface area (Å²) in [6, 6.07) is 7.16. The molecule has 1 aromatic carbocycles. The van der Waals surface area contributed by atoms with Crippen LogP contribution in [0.4, 0.5) is 0 Å². The predicted molar refractivity (Wildman–Crippen MR) is 92.7 cm³/mol. The zero-order valence-electron chi connectivity index (χ0n) is 13.3. The first kappa shape index (κ1) is 15.5. The van der Waals surface area contributed by atoms with Gasteiger partial charge in [0, 0.05) is 23.7 Å². The molecule has 0 spiro atoms. The Kier molecular flexibility index (Phi) is 3.81. The summed E-state index contributed by atoms with van der Waals surface area (Å²) < 4.78 is 1.42. The van der Waals surface area contributed by atoms with Crippen molar-refractivity contribution in [2.75, 3.05) is 6.54 Å². The third-order valence-electron chi connectivity index (χ3n) is 3.75. The highest BCUT2D eigenvalue weighted by Crippen LogP contribution is 2.17. The van der Waals surface area contributed by atoms with Crippen molar-refractivity contribution in [1.29, 1.82) is 0 Å². The molecule has 0 radical (unpaired) electrons. The van der Waals surface area contributed by atoms with Gasteiger partial charge in [0.2, 0.25) is 0 Å². The van der Waals surface area contributed by atoms with Gasteiger partial charge in [-0.15, -0.1) is 0 Å². The molecule has 126 valence electrons. The van der Waals surface area contributed by atoms with E-state index in [0.717, 1.165) is 16.9 Å². The molecule has 25 heavy (non-hydrogen) atoms. The van der Waals surface area contributed by atoms with Gasteiger partial charge in [0.15, 0.2) is 0 Å². The van der Waals surface area contributed by atoms with E-state index in [1.54, 1.807) is 12.1 Å². The van der Waals surface area contributed by atoms with Crippen LogP contribution in [0.15, 0.2) is 30.6 Å². The number of hydrogen-bond acceptors (Lipinski definition) is 5. The van der Waals surface area contributed by atoms with Crippen molar-refractivity contribution >= 4 is 34.3 Å². The second kappa shape index (κ2) is 6.14. The molecule has 0 atom stereocenters. The number of aryl methyl sites for hydroxylation is 1. The smallest absolute Gasteiger partial charge is 0.270 e. The molecule has 0 bridgehead atoms. The van der Waals surface area contributed by atoms with E-state index in [2.05, 4.69) is 30.4 Å². The molecule has 2 N–H and O–H groups in total. The number of halogens is 1. The molecule has 1 amide bonds. The fourth-order valence-electron chi connectivity index (χ4n) is 2.63. The number of hydrogen-bond donors (Lipinski definition) is 2. The summed E-state index contributed by atoms with van der Waals surface area (Å²) >= 11 is 5.97. The molecular weight excluding hydrogens is 342 g/mol. The first-order valence-corrected chi connectivity index (χ1v) is 8.08. The molecule has 0 aliphatic heterocycles. The van der Waals surface area contributed by atoms with E-state index in [-0.39, 0.29) is 5.91 Å². The number of carbonyl (C=O) groups excluding carboxylic acids is 1. The number of benzene rings is 1. The highest BCUT2D eigenvalue weighted by Gasteiger charge is 2.13. The molecule has 8 nitrogen and oxygen atoms in total. The van der Waals surface area contributed by atoms with Crippen LogP contribution in [0.5, 0.6) is 0 Å². The number of aromatic amines is 1. The van der Waals surface area contributed by atoms with Crippen LogP contribution in [0.2, 0.25) is 5.02 Å². The van der Waals surface area contributed by atoms with Crippen molar-refractivity contribution in [3.8, 4) is 0 Å². The minimum absolute atomic E-state index is 0.236. The van der Waals surface area contributed by atoms with Crippen molar-refractivity contribution in [2.45, 2.75) is 13.3 Å². The molecule has 9 heteroatoms. The summed E-state index contributed by atoms with van der Waals surface area (Å²) in [5.74, 6) is 0.953. The second-order valence-corrected chi connectivity index (χ2v) is 6.04. The number of nitrogens with one attached hydrogen (secondary N) is 2. The normalized spacial score (nSPS) is 11.3. The Labute approximate surface area is 147 Å². The van der Waals surface area contributed by atoms with Gasteiger partial charge in [-0.2, -0.15) is 14.6 Å². The Bertz CT molecular complexity index is 1080. The Morgan fingerprint density at radius 2 is 2.20 bits per heavy atom. The van der Waals surface area contributed by atoms with Crippen molar-refractivity contribution in [2.24, 2.45) is 0 Å². The summed E-state index contributed by atoms with van der Waals surface area (Å²) in [6.07, 6.45) is 1.95. The van der Waals surface area contributed by atoms with Gasteiger partial charge in [-0.05, 0) is 31.2 Å². The van der Waals surface area contributed by atoms with Gasteiger partial charge < -0.3 is 10.3 Å². The third kappa shape index (κ3) is 3.03. The van der Waals surface area contributed by atoms with Crippen LogP contribution in [0.3, 0.4) is 0 Å². The number of aromatic nitrogens is 6. The molecule has 0 saturated heterocycles. The first-order chi connectivity index (χ1) is 12.1. The van der Waals surface area contributed by atoms with Crippen LogP contribution in [0.25, 0.3) is 16.8 Å². The van der Waals surface area contributed by atoms with Crippen molar-refractivity contribution in [1.82, 2.24) is 34.9 Å². The van der Waals surface area contributed by atoms with Crippen LogP contribution >= 0.6 is 11.6 Å². The SMILES string of the molecule is Cc1cc(C(=O)NCCc2nc3ccc(Cl)cc3[nH]2)n2ncnc2n1. The van der Waals surface area contributed by atoms with E-state index in [1.165, 1.54) is 10.8 Å². The van der Waals surface area contributed by atoms with Gasteiger partial charge in [-0.25, -0.2) is 9.97 Å². The maximum absolute atomic E-state index is 12.4. The van der Waals surface area contributed by atoms with E-state index < -0.39 is 0 Å². The Morgan fingerprint density at radius 1 is 1.32 bits per heavy atom. The van der Waals surface area contributed by atoms with Gasteiger partial charge in [0.05, 0.1) is 11.0 Å². The van der Waals surface area contributed by atoms with Crippen LogP contribution < -0.4 is 5.32 Å². The van der Waals surface area contributed by atoms with E-state index >= 15 is 0 Å². The lowest BCUT2D eigenvalue weighted by atomic mass is 10.3. The third-order valence-corrected chi connectivity index (χ3v) is 3.99. The van der Waals surface area contributed by atoms with Gasteiger partial charge in [-0.3, -0.25) is 4.79 Å². The standard InChI is InChI=1S/C16H14ClN7O/c1-9-6-13(24-16(21-9)19-8-20-24)15(25)18-5-4-14-22-11-3-2-10(17)7-12(11)23-14/h2-3,6-8H,4-5H2,1H3,(H,18,25)(H,22,23). The Balaban J connectivity index is 1.46. The quantitative estimate of drug-likeness (QED) is 0.582. The lowest BCUT2D eigenvalue weighted by Crippen LogP contribution is -2.28. The number of fused-ring (bicyclic) bond motifs is 2. The van der Waals surface area contributed by atoms with Gasteiger partial charge >= 0.3 is 0 Å². The van der Waals surface area contributed by atoms with Gasteiger partial charge in [-0.1, -0.05) is 11.6 Å². The summed E-state index contributed by atoms with van der Waals surface area (Å²) in [7, 11) is 0. The minimum Gasteiger partial charge on any atom is -0.350 e. The van der Waals surface area contributed by atoms with Crippen molar-refractivity contribution < 1.29 is 4.79 Å². The highest BCUT2D eigenvalue weighted by molar-refractivity contribution is 6.31. The van der Waals surface area contributed by atoms with Crippen LogP contribution in [0.1, 0.15) is 22.0 Å². The number of amides is 1. The number of rotatable bonds is 4. The monoisotopic (exact) mass is 355 g/mol. The molecule has 3 aromatic heterocycles. The average Bonchev–Trinajstić information content (AvgIpc) is 3.19. The molecule has 4 rings (SSSR count). The molecule has 0 aliphatic carbocycles. The maximum Gasteiger partial charge on any atom is 0.270 e. The lowest BCUT2D eigenvalue weighted by molar-refractivity contribution is 0.0946. The summed E-state index contributed by atoms with van der Waals surface area (Å²) in [5.41, 5.74) is 2.83. The highest BCUT2D eigenvalue weighted by atomic mass is 35.5. The van der Waals surface area contributed by atoms with Crippen molar-refractivity contribution in [3.05, 3.63) is 52.8 Å².